The Bertz CT molecular complexity index is 340. The second-order valence-corrected chi connectivity index (χ2v) is 7.42. The van der Waals surface area contributed by atoms with E-state index in [9.17, 15) is 14.4 Å². The topological polar surface area (TPSA) is 109 Å². The van der Waals surface area contributed by atoms with Crippen LogP contribution >= 0.6 is 0 Å². The molecule has 183 valence electrons. The average molecular weight is 480 g/mol. The SMILES string of the molecule is CCCCCCCC(=O)O.CCCCCCCC(=O)O.CCCCCCC[C-]=O.[O]=[Ti+]. The van der Waals surface area contributed by atoms with Gasteiger partial charge in [0, 0.05) is 12.8 Å². The van der Waals surface area contributed by atoms with E-state index in [-0.39, 0.29) is 0 Å². The Labute approximate surface area is 202 Å². The van der Waals surface area contributed by atoms with Crippen LogP contribution in [0.1, 0.15) is 136 Å². The molecule has 0 bridgehead atoms. The fourth-order valence-corrected chi connectivity index (χ4v) is 2.56. The van der Waals surface area contributed by atoms with Gasteiger partial charge in [0.05, 0.1) is 0 Å². The maximum absolute atomic E-state index is 10.0. The Morgan fingerprint density at radius 2 is 0.871 bits per heavy atom. The van der Waals surface area contributed by atoms with E-state index in [2.05, 4.69) is 20.8 Å². The minimum atomic E-state index is -0.670. The summed E-state index contributed by atoms with van der Waals surface area (Å²) in [5.41, 5.74) is 0. The van der Waals surface area contributed by atoms with Gasteiger partial charge in [-0.25, -0.2) is 0 Å². The molecule has 0 heterocycles. The number of rotatable bonds is 18. The van der Waals surface area contributed by atoms with Crippen LogP contribution in [-0.2, 0) is 38.1 Å². The average Bonchev–Trinajstić information content (AvgIpc) is 2.75. The number of unbranched alkanes of at least 4 members (excludes halogenated alkanes) is 13. The normalized spacial score (nSPS) is 9.19. The predicted molar refractivity (Wildman–Crippen MR) is 122 cm³/mol. The van der Waals surface area contributed by atoms with Crippen molar-refractivity contribution in [2.75, 3.05) is 0 Å². The third kappa shape index (κ3) is 58.6. The van der Waals surface area contributed by atoms with Gasteiger partial charge in [0.1, 0.15) is 0 Å². The van der Waals surface area contributed by atoms with Crippen LogP contribution in [0.15, 0.2) is 0 Å². The van der Waals surface area contributed by atoms with E-state index >= 15 is 0 Å². The van der Waals surface area contributed by atoms with Gasteiger partial charge in [-0.1, -0.05) is 104 Å². The zero-order valence-corrected chi connectivity index (χ0v) is 21.8. The van der Waals surface area contributed by atoms with E-state index in [1.807, 2.05) is 6.29 Å². The summed E-state index contributed by atoms with van der Waals surface area (Å²) >= 11 is 0.750. The number of hydrogen-bond acceptors (Lipinski definition) is 4. The fourth-order valence-electron chi connectivity index (χ4n) is 2.56. The van der Waals surface area contributed by atoms with E-state index in [1.165, 1.54) is 64.2 Å². The van der Waals surface area contributed by atoms with Crippen molar-refractivity contribution in [2.24, 2.45) is 0 Å². The first-order chi connectivity index (χ1) is 15.0. The standard InChI is InChI=1S/2C8H16O2.C8H15O.O.Ti/c2*1-2-3-4-5-6-7-8(9)10;1-2-3-4-5-6-7-8-9;;/h2*2-7H2,1H3,(H,9,10);2-7H2,1H3;;/q;;-1;;+1. The Kier molecular flexibility index (Phi) is 47.8. The van der Waals surface area contributed by atoms with Crippen molar-refractivity contribution in [3.63, 3.8) is 0 Å². The molecule has 0 rings (SSSR count). The number of carbonyl (C=O) groups excluding carboxylic acids is 1. The summed E-state index contributed by atoms with van der Waals surface area (Å²) in [6.07, 6.45) is 20.4. The molecule has 2 N–H and O–H groups in total. The van der Waals surface area contributed by atoms with E-state index < -0.39 is 11.9 Å². The first-order valence-corrected chi connectivity index (χ1v) is 12.6. The van der Waals surface area contributed by atoms with E-state index in [0.717, 1.165) is 52.5 Å². The Balaban J connectivity index is -0.000000169. The molecule has 0 aliphatic rings. The molecule has 0 unspecified atom stereocenters. The van der Waals surface area contributed by atoms with Crippen molar-refractivity contribution in [2.45, 2.75) is 136 Å². The predicted octanol–water partition coefficient (Wildman–Crippen LogP) is 7.20. The van der Waals surface area contributed by atoms with E-state index in [4.69, 9.17) is 13.5 Å². The number of carboxylic acids is 2. The maximum atomic E-state index is 10.0. The van der Waals surface area contributed by atoms with Gasteiger partial charge in [-0.15, -0.1) is 0 Å². The van der Waals surface area contributed by atoms with Crippen molar-refractivity contribution in [3.05, 3.63) is 0 Å². The molecule has 7 heteroatoms. The molecule has 0 atom stereocenters. The van der Waals surface area contributed by atoms with Gasteiger partial charge >= 0.3 is 35.7 Å². The van der Waals surface area contributed by atoms with Crippen LogP contribution in [0.2, 0.25) is 0 Å². The van der Waals surface area contributed by atoms with Crippen molar-refractivity contribution in [1.29, 1.82) is 0 Å². The molecule has 6 nitrogen and oxygen atoms in total. The molecular weight excluding hydrogens is 432 g/mol. The van der Waals surface area contributed by atoms with Gasteiger partial charge in [0.15, 0.2) is 0 Å². The van der Waals surface area contributed by atoms with Gasteiger partial charge in [-0.05, 0) is 12.8 Å². The van der Waals surface area contributed by atoms with E-state index in [1.54, 1.807) is 0 Å². The summed E-state index contributed by atoms with van der Waals surface area (Å²) in [5, 5.41) is 16.5. The molecule has 0 aromatic rings. The van der Waals surface area contributed by atoms with Crippen LogP contribution < -0.4 is 0 Å². The van der Waals surface area contributed by atoms with Crippen LogP contribution in [0.4, 0.5) is 0 Å². The summed E-state index contributed by atoms with van der Waals surface area (Å²) < 4.78 is 8.25. The van der Waals surface area contributed by atoms with Crippen molar-refractivity contribution < 1.29 is 48.3 Å². The summed E-state index contributed by atoms with van der Waals surface area (Å²) in [5.74, 6) is -1.34. The Morgan fingerprint density at radius 3 is 1.13 bits per heavy atom. The van der Waals surface area contributed by atoms with Gasteiger partial charge in [-0.2, -0.15) is 6.42 Å². The molecule has 0 radical (unpaired) electrons. The van der Waals surface area contributed by atoms with E-state index in [0.29, 0.717) is 19.3 Å². The molecule has 0 aromatic heterocycles. The van der Waals surface area contributed by atoms with Gasteiger partial charge < -0.3 is 15.0 Å². The molecular formula is C24H47O6Ti. The number of hydrogen-bond donors (Lipinski definition) is 2. The molecule has 0 aliphatic heterocycles. The number of aliphatic carboxylic acids is 2. The zero-order valence-electron chi connectivity index (χ0n) is 20.3. The van der Waals surface area contributed by atoms with Crippen molar-refractivity contribution in [3.8, 4) is 0 Å². The Hall–Kier alpha value is -0.876. The molecule has 0 amide bonds. The first-order valence-electron chi connectivity index (χ1n) is 11.9. The zero-order chi connectivity index (χ0) is 24.6. The monoisotopic (exact) mass is 479 g/mol. The summed E-state index contributed by atoms with van der Waals surface area (Å²) in [6, 6.07) is 0. The first kappa shape index (κ1) is 37.4. The van der Waals surface area contributed by atoms with Crippen LogP contribution in [0.3, 0.4) is 0 Å². The molecule has 0 fully saturated rings. The van der Waals surface area contributed by atoms with Gasteiger partial charge in [0.2, 0.25) is 0 Å². The number of carbonyl (C=O) groups is 2. The second-order valence-electron chi connectivity index (χ2n) is 7.42. The third-order valence-corrected chi connectivity index (χ3v) is 4.37. The fraction of sp³-hybridized carbons (Fsp3) is 0.875. The van der Waals surface area contributed by atoms with Crippen molar-refractivity contribution >= 4 is 18.2 Å². The van der Waals surface area contributed by atoms with Crippen LogP contribution in [0.5, 0.6) is 0 Å². The summed E-state index contributed by atoms with van der Waals surface area (Å²) in [4.78, 5) is 29.8. The van der Waals surface area contributed by atoms with Crippen LogP contribution in [-0.4, -0.2) is 28.4 Å². The molecule has 0 saturated heterocycles. The number of carboxylic acid groups (broad SMARTS) is 2. The molecule has 0 aromatic carbocycles. The Morgan fingerprint density at radius 1 is 0.581 bits per heavy atom. The molecule has 0 saturated carbocycles. The van der Waals surface area contributed by atoms with Crippen LogP contribution in [0, 0.1) is 0 Å². The minimum absolute atomic E-state index is 0.337. The molecule has 0 aliphatic carbocycles. The van der Waals surface area contributed by atoms with Gasteiger partial charge in [-0.3, -0.25) is 15.9 Å². The van der Waals surface area contributed by atoms with Gasteiger partial charge in [0.25, 0.3) is 0 Å². The second kappa shape index (κ2) is 39.6. The molecule has 0 spiro atoms. The van der Waals surface area contributed by atoms with Crippen LogP contribution in [0.25, 0.3) is 0 Å². The summed E-state index contributed by atoms with van der Waals surface area (Å²) in [7, 11) is 0. The quantitative estimate of drug-likeness (QED) is 0.122. The molecule has 31 heavy (non-hydrogen) atoms. The third-order valence-electron chi connectivity index (χ3n) is 4.37. The van der Waals surface area contributed by atoms with Crippen molar-refractivity contribution in [1.82, 2.24) is 0 Å². The summed E-state index contributed by atoms with van der Waals surface area (Å²) in [6.45, 7) is 6.49.